The molecule has 1 atom stereocenters. The Morgan fingerprint density at radius 2 is 1.85 bits per heavy atom. The first-order valence-electron chi connectivity index (χ1n) is 9.23. The highest BCUT2D eigenvalue weighted by Crippen LogP contribution is 2.19. The van der Waals surface area contributed by atoms with Crippen molar-refractivity contribution >= 4 is 17.7 Å². The number of benzene rings is 1. The fraction of sp³-hybridized carbons (Fsp3) is 0.526. The van der Waals surface area contributed by atoms with E-state index in [0.717, 1.165) is 12.8 Å². The van der Waals surface area contributed by atoms with Crippen LogP contribution in [0.5, 0.6) is 0 Å². The molecule has 0 radical (unpaired) electrons. The number of amides is 3. The Labute approximate surface area is 157 Å². The molecule has 2 aliphatic heterocycles. The van der Waals surface area contributed by atoms with Gasteiger partial charge < -0.3 is 19.9 Å². The van der Waals surface area contributed by atoms with Crippen molar-refractivity contribution in [2.24, 2.45) is 5.92 Å². The van der Waals surface area contributed by atoms with E-state index in [9.17, 15) is 18.8 Å². The Morgan fingerprint density at radius 1 is 1.11 bits per heavy atom. The summed E-state index contributed by atoms with van der Waals surface area (Å²) in [5.41, 5.74) is -0.0932. The van der Waals surface area contributed by atoms with Crippen LogP contribution in [0.1, 0.15) is 23.2 Å². The summed E-state index contributed by atoms with van der Waals surface area (Å²) in [6.45, 7) is 2.95. The Hall–Kier alpha value is -2.48. The van der Waals surface area contributed by atoms with Crippen molar-refractivity contribution in [3.8, 4) is 0 Å². The first-order valence-corrected chi connectivity index (χ1v) is 9.23. The van der Waals surface area contributed by atoms with E-state index < -0.39 is 11.7 Å². The second-order valence-electron chi connectivity index (χ2n) is 6.78. The lowest BCUT2D eigenvalue weighted by Crippen LogP contribution is -2.51. The monoisotopic (exact) mass is 377 g/mol. The van der Waals surface area contributed by atoms with Gasteiger partial charge in [-0.1, -0.05) is 12.1 Å². The molecule has 2 aliphatic rings. The van der Waals surface area contributed by atoms with E-state index in [0.29, 0.717) is 39.4 Å². The van der Waals surface area contributed by atoms with Gasteiger partial charge in [-0.3, -0.25) is 14.4 Å². The topological polar surface area (TPSA) is 79.0 Å². The number of nitrogens with zero attached hydrogens (tertiary/aromatic N) is 2. The lowest BCUT2D eigenvalue weighted by molar-refractivity contribution is -0.143. The number of rotatable bonds is 4. The summed E-state index contributed by atoms with van der Waals surface area (Å²) in [5.74, 6) is -1.68. The quantitative estimate of drug-likeness (QED) is 0.836. The Morgan fingerprint density at radius 3 is 2.59 bits per heavy atom. The van der Waals surface area contributed by atoms with Crippen molar-refractivity contribution < 1.29 is 23.5 Å². The Kier molecular flexibility index (Phi) is 6.39. The molecule has 1 aromatic rings. The van der Waals surface area contributed by atoms with Crippen LogP contribution in [0.3, 0.4) is 0 Å². The number of hydrogen-bond donors (Lipinski definition) is 1. The molecule has 8 heteroatoms. The highest BCUT2D eigenvalue weighted by Gasteiger charge is 2.31. The van der Waals surface area contributed by atoms with E-state index in [1.165, 1.54) is 18.2 Å². The zero-order valence-corrected chi connectivity index (χ0v) is 15.2. The lowest BCUT2D eigenvalue weighted by atomic mass is 9.96. The molecule has 3 rings (SSSR count). The van der Waals surface area contributed by atoms with E-state index in [-0.39, 0.29) is 29.8 Å². The first-order chi connectivity index (χ1) is 13.1. The van der Waals surface area contributed by atoms with Gasteiger partial charge in [-0.25, -0.2) is 4.39 Å². The van der Waals surface area contributed by atoms with Crippen LogP contribution in [0.15, 0.2) is 24.3 Å². The number of carbonyl (C=O) groups excluding carboxylic acids is 3. The molecule has 2 heterocycles. The number of ether oxygens (including phenoxy) is 1. The molecular formula is C19H24FN3O4. The summed E-state index contributed by atoms with van der Waals surface area (Å²) in [6, 6.07) is 5.62. The molecule has 0 spiro atoms. The highest BCUT2D eigenvalue weighted by molar-refractivity contribution is 5.96. The van der Waals surface area contributed by atoms with Gasteiger partial charge in [0.05, 0.1) is 31.2 Å². The molecule has 3 amide bonds. The standard InChI is InChI=1S/C19H24FN3O4/c20-16-6-2-1-5-15(16)18(25)21-12-17(24)23-7-3-4-14(13-23)19(26)22-8-10-27-11-9-22/h1-2,5-6,14H,3-4,7-13H2,(H,21,25)/t14-/m1/s1. The minimum absolute atomic E-state index is 0.0613. The number of nitrogens with one attached hydrogen (secondary N) is 1. The molecule has 2 fully saturated rings. The third-order valence-electron chi connectivity index (χ3n) is 4.96. The van der Waals surface area contributed by atoms with Crippen LogP contribution in [-0.4, -0.2) is 73.5 Å². The van der Waals surface area contributed by atoms with Crippen molar-refractivity contribution in [3.05, 3.63) is 35.6 Å². The molecule has 146 valence electrons. The van der Waals surface area contributed by atoms with Crippen molar-refractivity contribution in [2.45, 2.75) is 12.8 Å². The summed E-state index contributed by atoms with van der Waals surface area (Å²) in [6.07, 6.45) is 1.50. The average Bonchev–Trinajstić information content (AvgIpc) is 2.72. The van der Waals surface area contributed by atoms with Gasteiger partial charge in [0.2, 0.25) is 11.8 Å². The van der Waals surface area contributed by atoms with Crippen LogP contribution in [0, 0.1) is 11.7 Å². The predicted octanol–water partition coefficient (Wildman–Crippen LogP) is 0.653. The molecule has 0 aromatic heterocycles. The maximum atomic E-state index is 13.6. The second kappa shape index (κ2) is 8.94. The molecule has 0 bridgehead atoms. The predicted molar refractivity (Wildman–Crippen MR) is 95.4 cm³/mol. The van der Waals surface area contributed by atoms with Crippen molar-refractivity contribution in [2.75, 3.05) is 45.9 Å². The highest BCUT2D eigenvalue weighted by atomic mass is 19.1. The van der Waals surface area contributed by atoms with E-state index >= 15 is 0 Å². The number of hydrogen-bond acceptors (Lipinski definition) is 4. The fourth-order valence-electron chi connectivity index (χ4n) is 3.46. The molecule has 1 N–H and O–H groups in total. The number of halogens is 1. The lowest BCUT2D eigenvalue weighted by Gasteiger charge is -2.36. The number of morpholine rings is 1. The average molecular weight is 377 g/mol. The third-order valence-corrected chi connectivity index (χ3v) is 4.96. The molecule has 27 heavy (non-hydrogen) atoms. The van der Waals surface area contributed by atoms with E-state index in [1.807, 2.05) is 0 Å². The van der Waals surface area contributed by atoms with Crippen LogP contribution < -0.4 is 5.32 Å². The zero-order valence-electron chi connectivity index (χ0n) is 15.2. The summed E-state index contributed by atoms with van der Waals surface area (Å²) >= 11 is 0. The molecule has 2 saturated heterocycles. The van der Waals surface area contributed by atoms with Gasteiger partial charge >= 0.3 is 0 Å². The van der Waals surface area contributed by atoms with Gasteiger partial charge in [0, 0.05) is 26.2 Å². The van der Waals surface area contributed by atoms with Gasteiger partial charge in [0.15, 0.2) is 0 Å². The van der Waals surface area contributed by atoms with E-state index in [4.69, 9.17) is 4.74 Å². The van der Waals surface area contributed by atoms with Gasteiger partial charge in [-0.05, 0) is 25.0 Å². The van der Waals surface area contributed by atoms with E-state index in [2.05, 4.69) is 5.32 Å². The second-order valence-corrected chi connectivity index (χ2v) is 6.78. The summed E-state index contributed by atoms with van der Waals surface area (Å²) in [7, 11) is 0. The third kappa shape index (κ3) is 4.82. The normalized spacial score (nSPS) is 20.3. The molecule has 0 saturated carbocycles. The zero-order chi connectivity index (χ0) is 19.2. The van der Waals surface area contributed by atoms with E-state index in [1.54, 1.807) is 15.9 Å². The Bertz CT molecular complexity index is 706. The van der Waals surface area contributed by atoms with Crippen LogP contribution in [-0.2, 0) is 14.3 Å². The van der Waals surface area contributed by atoms with Crippen LogP contribution in [0.2, 0.25) is 0 Å². The van der Waals surface area contributed by atoms with Crippen LogP contribution in [0.25, 0.3) is 0 Å². The minimum atomic E-state index is -0.628. The Balaban J connectivity index is 1.51. The van der Waals surface area contributed by atoms with Gasteiger partial charge in [0.25, 0.3) is 5.91 Å². The van der Waals surface area contributed by atoms with Crippen LogP contribution >= 0.6 is 0 Å². The van der Waals surface area contributed by atoms with Gasteiger partial charge in [0.1, 0.15) is 5.82 Å². The largest absolute Gasteiger partial charge is 0.378 e. The first kappa shape index (κ1) is 19.3. The molecule has 0 unspecified atom stereocenters. The summed E-state index contributed by atoms with van der Waals surface area (Å²) < 4.78 is 18.9. The molecule has 0 aliphatic carbocycles. The van der Waals surface area contributed by atoms with Crippen LogP contribution in [0.4, 0.5) is 4.39 Å². The van der Waals surface area contributed by atoms with Gasteiger partial charge in [-0.2, -0.15) is 0 Å². The van der Waals surface area contributed by atoms with Crippen molar-refractivity contribution in [1.82, 2.24) is 15.1 Å². The smallest absolute Gasteiger partial charge is 0.254 e. The minimum Gasteiger partial charge on any atom is -0.378 e. The number of carbonyl (C=O) groups is 3. The molecular weight excluding hydrogens is 353 g/mol. The number of piperidine rings is 1. The van der Waals surface area contributed by atoms with Crippen molar-refractivity contribution in [3.63, 3.8) is 0 Å². The maximum Gasteiger partial charge on any atom is 0.254 e. The molecule has 1 aromatic carbocycles. The SMILES string of the molecule is O=C(NCC(=O)N1CCC[C@@H](C(=O)N2CCOCC2)C1)c1ccccc1F. The molecule has 7 nitrogen and oxygen atoms in total. The number of likely N-dealkylation sites (tertiary alicyclic amines) is 1. The summed E-state index contributed by atoms with van der Waals surface area (Å²) in [5, 5.41) is 2.46. The summed E-state index contributed by atoms with van der Waals surface area (Å²) in [4.78, 5) is 40.5. The van der Waals surface area contributed by atoms with Gasteiger partial charge in [-0.15, -0.1) is 0 Å². The maximum absolute atomic E-state index is 13.6. The fourth-order valence-corrected chi connectivity index (χ4v) is 3.46. The van der Waals surface area contributed by atoms with Crippen molar-refractivity contribution in [1.29, 1.82) is 0 Å².